The highest BCUT2D eigenvalue weighted by molar-refractivity contribution is 5.81. The van der Waals surface area contributed by atoms with Gasteiger partial charge in [-0.25, -0.2) is 0 Å². The molecule has 0 spiro atoms. The van der Waals surface area contributed by atoms with E-state index in [-0.39, 0.29) is 18.2 Å². The van der Waals surface area contributed by atoms with Crippen molar-refractivity contribution in [3.05, 3.63) is 23.8 Å². The average molecular weight is 305 g/mol. The van der Waals surface area contributed by atoms with Gasteiger partial charge in [-0.1, -0.05) is 43.1 Å². The van der Waals surface area contributed by atoms with E-state index in [2.05, 4.69) is 23.5 Å². The van der Waals surface area contributed by atoms with Gasteiger partial charge < -0.3 is 10.4 Å². The van der Waals surface area contributed by atoms with E-state index >= 15 is 0 Å². The molecule has 0 aromatic heterocycles. The van der Waals surface area contributed by atoms with Crippen LogP contribution in [-0.4, -0.2) is 23.5 Å². The average Bonchev–Trinajstić information content (AvgIpc) is 3.28. The van der Waals surface area contributed by atoms with Crippen molar-refractivity contribution < 1.29 is 14.7 Å². The highest BCUT2D eigenvalue weighted by atomic mass is 16.4. The van der Waals surface area contributed by atoms with Crippen LogP contribution in [-0.2, 0) is 9.59 Å². The van der Waals surface area contributed by atoms with Crippen LogP contribution in [0.1, 0.15) is 51.9 Å². The van der Waals surface area contributed by atoms with E-state index < -0.39 is 5.97 Å². The fourth-order valence-electron chi connectivity index (χ4n) is 3.16. The Morgan fingerprint density at radius 1 is 1.27 bits per heavy atom. The second-order valence-electron chi connectivity index (χ2n) is 6.48. The molecule has 22 heavy (non-hydrogen) atoms. The molecule has 1 fully saturated rings. The van der Waals surface area contributed by atoms with Crippen molar-refractivity contribution >= 4 is 11.9 Å². The van der Waals surface area contributed by atoms with E-state index in [1.807, 2.05) is 6.92 Å². The van der Waals surface area contributed by atoms with Crippen molar-refractivity contribution in [1.29, 1.82) is 0 Å². The summed E-state index contributed by atoms with van der Waals surface area (Å²) in [5.41, 5.74) is 1.29. The molecular formula is C18H27NO3. The van der Waals surface area contributed by atoms with Gasteiger partial charge in [0.25, 0.3) is 0 Å². The van der Waals surface area contributed by atoms with Crippen molar-refractivity contribution in [2.45, 2.75) is 51.9 Å². The number of rotatable bonds is 10. The third-order valence-corrected chi connectivity index (χ3v) is 4.67. The quantitative estimate of drug-likeness (QED) is 0.609. The predicted molar refractivity (Wildman–Crippen MR) is 86.3 cm³/mol. The number of carboxylic acids is 1. The van der Waals surface area contributed by atoms with Crippen LogP contribution in [0.25, 0.3) is 0 Å². The van der Waals surface area contributed by atoms with Crippen LogP contribution in [0.4, 0.5) is 0 Å². The molecule has 1 unspecified atom stereocenters. The number of amides is 1. The predicted octanol–water partition coefficient (Wildman–Crippen LogP) is 3.30. The molecule has 0 radical (unpaired) electrons. The van der Waals surface area contributed by atoms with Crippen LogP contribution in [0.2, 0.25) is 0 Å². The molecule has 2 aliphatic carbocycles. The lowest BCUT2D eigenvalue weighted by Gasteiger charge is -2.17. The molecule has 0 aromatic rings. The number of aliphatic carboxylic acids is 1. The molecule has 122 valence electrons. The number of allylic oxidation sites excluding steroid dienone is 3. The minimum Gasteiger partial charge on any atom is -0.481 e. The number of hydrogen-bond acceptors (Lipinski definition) is 2. The zero-order valence-corrected chi connectivity index (χ0v) is 13.4. The number of carboxylic acid groups (broad SMARTS) is 1. The van der Waals surface area contributed by atoms with Gasteiger partial charge in [0.1, 0.15) is 0 Å². The Kier molecular flexibility index (Phi) is 6.22. The van der Waals surface area contributed by atoms with Gasteiger partial charge >= 0.3 is 5.97 Å². The van der Waals surface area contributed by atoms with Gasteiger partial charge in [-0.3, -0.25) is 9.59 Å². The van der Waals surface area contributed by atoms with E-state index in [9.17, 15) is 9.59 Å². The Hall–Kier alpha value is -1.58. The molecule has 2 rings (SSSR count). The first kappa shape index (κ1) is 16.8. The van der Waals surface area contributed by atoms with Crippen molar-refractivity contribution in [2.24, 2.45) is 17.8 Å². The van der Waals surface area contributed by atoms with Gasteiger partial charge in [0.15, 0.2) is 0 Å². The molecule has 2 N–H and O–H groups in total. The van der Waals surface area contributed by atoms with Gasteiger partial charge in [-0.05, 0) is 38.0 Å². The molecule has 0 saturated heterocycles. The van der Waals surface area contributed by atoms with Gasteiger partial charge in [-0.15, -0.1) is 0 Å². The number of nitrogens with one attached hydrogen (secondary N) is 1. The minimum absolute atomic E-state index is 0.0180. The lowest BCUT2D eigenvalue weighted by molar-refractivity contribution is -0.137. The molecule has 0 aliphatic heterocycles. The minimum atomic E-state index is -0.717. The molecular weight excluding hydrogens is 278 g/mol. The van der Waals surface area contributed by atoms with Crippen molar-refractivity contribution in [3.63, 3.8) is 0 Å². The van der Waals surface area contributed by atoms with Gasteiger partial charge in [0, 0.05) is 13.0 Å². The second kappa shape index (κ2) is 8.16. The number of carbonyl (C=O) groups is 2. The Balaban J connectivity index is 1.53. The summed E-state index contributed by atoms with van der Waals surface area (Å²) in [6.45, 7) is 2.72. The fraction of sp³-hybridized carbons (Fsp3) is 0.667. The molecule has 1 saturated carbocycles. The highest BCUT2D eigenvalue weighted by Crippen LogP contribution is 2.49. The number of carbonyl (C=O) groups excluding carboxylic acids is 1. The maximum Gasteiger partial charge on any atom is 0.303 e. The van der Waals surface area contributed by atoms with Gasteiger partial charge in [0.05, 0.1) is 5.92 Å². The maximum absolute atomic E-state index is 12.2. The standard InChI is InChI=1S/C18H27NO3/c1-13(15-9-7-8-14-12-16(14)15)18(22)19-11-6-4-2-3-5-10-17(20)21/h7-9,13-14,16H,2-6,10-12H2,1H3,(H,19,22)(H,20,21)/t13-,14-,16?/m1/s1. The topological polar surface area (TPSA) is 66.4 Å². The van der Waals surface area contributed by atoms with Crippen molar-refractivity contribution in [2.75, 3.05) is 6.54 Å². The van der Waals surface area contributed by atoms with E-state index in [0.29, 0.717) is 11.8 Å². The number of fused-ring (bicyclic) bond motifs is 1. The summed E-state index contributed by atoms with van der Waals surface area (Å²) in [5.74, 6) is 0.695. The van der Waals surface area contributed by atoms with Crippen molar-refractivity contribution in [1.82, 2.24) is 5.32 Å². The van der Waals surface area contributed by atoms with Crippen molar-refractivity contribution in [3.8, 4) is 0 Å². The van der Waals surface area contributed by atoms with Crippen LogP contribution in [0.5, 0.6) is 0 Å². The molecule has 1 amide bonds. The van der Waals surface area contributed by atoms with Crippen LogP contribution in [0, 0.1) is 17.8 Å². The number of unbranched alkanes of at least 4 members (excludes halogenated alkanes) is 4. The third kappa shape index (κ3) is 5.00. The third-order valence-electron chi connectivity index (χ3n) is 4.67. The monoisotopic (exact) mass is 305 g/mol. The van der Waals surface area contributed by atoms with E-state index in [1.165, 1.54) is 12.0 Å². The number of hydrogen-bond donors (Lipinski definition) is 2. The second-order valence-corrected chi connectivity index (χ2v) is 6.48. The first-order valence-corrected chi connectivity index (χ1v) is 8.47. The largest absolute Gasteiger partial charge is 0.481 e. The van der Waals surface area contributed by atoms with E-state index in [0.717, 1.165) is 38.6 Å². The lowest BCUT2D eigenvalue weighted by atomic mass is 9.92. The summed E-state index contributed by atoms with van der Waals surface area (Å²) < 4.78 is 0. The molecule has 0 heterocycles. The Morgan fingerprint density at radius 2 is 2.00 bits per heavy atom. The summed E-state index contributed by atoms with van der Waals surface area (Å²) in [7, 11) is 0. The summed E-state index contributed by atoms with van der Waals surface area (Å²) in [6, 6.07) is 0. The maximum atomic E-state index is 12.2. The zero-order valence-electron chi connectivity index (χ0n) is 13.4. The van der Waals surface area contributed by atoms with Crippen LogP contribution in [0.15, 0.2) is 23.8 Å². The zero-order chi connectivity index (χ0) is 15.9. The first-order valence-electron chi connectivity index (χ1n) is 8.47. The van der Waals surface area contributed by atoms with Crippen LogP contribution in [0.3, 0.4) is 0 Å². The summed E-state index contributed by atoms with van der Waals surface area (Å²) in [4.78, 5) is 22.5. The first-order chi connectivity index (χ1) is 10.6. The molecule has 4 heteroatoms. The summed E-state index contributed by atoms with van der Waals surface area (Å²) in [6.07, 6.45) is 12.7. The highest BCUT2D eigenvalue weighted by Gasteiger charge is 2.41. The molecule has 2 aliphatic rings. The van der Waals surface area contributed by atoms with Crippen LogP contribution < -0.4 is 5.32 Å². The Morgan fingerprint density at radius 3 is 2.77 bits per heavy atom. The molecule has 4 nitrogen and oxygen atoms in total. The van der Waals surface area contributed by atoms with E-state index in [1.54, 1.807) is 0 Å². The summed E-state index contributed by atoms with van der Waals surface area (Å²) >= 11 is 0. The molecule has 0 aromatic carbocycles. The normalized spacial score (nSPS) is 23.4. The molecule has 3 atom stereocenters. The lowest BCUT2D eigenvalue weighted by Crippen LogP contribution is -2.31. The smallest absolute Gasteiger partial charge is 0.303 e. The fourth-order valence-corrected chi connectivity index (χ4v) is 3.16. The Bertz CT molecular complexity index is 467. The van der Waals surface area contributed by atoms with E-state index in [4.69, 9.17) is 5.11 Å². The SMILES string of the molecule is C[C@@H](C(=O)NCCCCCCCC(=O)O)C1=CC=C[C@@H]2CC12. The van der Waals surface area contributed by atoms with Gasteiger partial charge in [-0.2, -0.15) is 0 Å². The Labute approximate surface area is 132 Å². The summed E-state index contributed by atoms with van der Waals surface area (Å²) in [5, 5.41) is 11.6. The van der Waals surface area contributed by atoms with Gasteiger partial charge in [0.2, 0.25) is 5.91 Å². The van der Waals surface area contributed by atoms with Crippen LogP contribution >= 0.6 is 0 Å². The molecule has 0 bridgehead atoms.